The zero-order valence-electron chi connectivity index (χ0n) is 18.5. The third kappa shape index (κ3) is 5.05. The highest BCUT2D eigenvalue weighted by Gasteiger charge is 2.17. The third-order valence-corrected chi connectivity index (χ3v) is 6.21. The van der Waals surface area contributed by atoms with E-state index in [1.807, 2.05) is 54.9 Å². The van der Waals surface area contributed by atoms with Gasteiger partial charge in [0.25, 0.3) is 5.69 Å². The Morgan fingerprint density at radius 2 is 1.26 bits per heavy atom. The quantitative estimate of drug-likeness (QED) is 0.140. The van der Waals surface area contributed by atoms with Crippen molar-refractivity contribution in [3.05, 3.63) is 126 Å². The van der Waals surface area contributed by atoms with Crippen molar-refractivity contribution in [3.8, 4) is 33.4 Å². The van der Waals surface area contributed by atoms with E-state index in [1.165, 1.54) is 24.1 Å². The molecule has 2 heterocycles. The van der Waals surface area contributed by atoms with E-state index < -0.39 is 4.92 Å². The number of benzene rings is 3. The molecular weight excluding hydrogens is 456 g/mol. The summed E-state index contributed by atoms with van der Waals surface area (Å²) in [5.41, 5.74) is 6.75. The fourth-order valence-electron chi connectivity index (χ4n) is 3.74. The second-order valence-corrected chi connectivity index (χ2v) is 8.54. The molecule has 35 heavy (non-hydrogen) atoms. The number of nitrogens with zero attached hydrogens (tertiary/aromatic N) is 4. The topological polar surface area (TPSA) is 83.0 Å². The lowest BCUT2D eigenvalue weighted by Gasteiger charge is -2.17. The first-order chi connectivity index (χ1) is 17.2. The van der Waals surface area contributed by atoms with Crippen LogP contribution >= 0.6 is 11.9 Å². The van der Waals surface area contributed by atoms with E-state index in [9.17, 15) is 10.1 Å². The van der Waals surface area contributed by atoms with Gasteiger partial charge >= 0.3 is 0 Å². The summed E-state index contributed by atoms with van der Waals surface area (Å²) in [5, 5.41) is 11.0. The van der Waals surface area contributed by atoms with E-state index in [2.05, 4.69) is 34.2 Å². The van der Waals surface area contributed by atoms with Crippen LogP contribution in [0.25, 0.3) is 33.4 Å². The molecule has 0 N–H and O–H groups in total. The molecule has 0 unspecified atom stereocenters. The first kappa shape index (κ1) is 22.3. The van der Waals surface area contributed by atoms with E-state index in [0.717, 1.165) is 44.0 Å². The van der Waals surface area contributed by atoms with E-state index in [0.29, 0.717) is 0 Å². The van der Waals surface area contributed by atoms with Crippen LogP contribution in [0, 0.1) is 10.1 Å². The Balaban J connectivity index is 1.65. The molecule has 0 aliphatic heterocycles. The lowest BCUT2D eigenvalue weighted by atomic mass is 9.92. The maximum Gasteiger partial charge on any atom is 0.269 e. The minimum Gasteiger partial charge on any atom is -0.264 e. The molecule has 1 radical (unpaired) electrons. The Bertz CT molecular complexity index is 1390. The zero-order valence-corrected chi connectivity index (χ0v) is 19.3. The van der Waals surface area contributed by atoms with Crippen LogP contribution in [0.2, 0.25) is 0 Å². The number of hydrogen-bond donors (Lipinski definition) is 0. The fourth-order valence-corrected chi connectivity index (χ4v) is 4.39. The van der Waals surface area contributed by atoms with Crippen LogP contribution in [0.5, 0.6) is 0 Å². The summed E-state index contributed by atoms with van der Waals surface area (Å²) in [6.45, 7) is 0. The highest BCUT2D eigenvalue weighted by molar-refractivity contribution is 7.97. The first-order valence-corrected chi connectivity index (χ1v) is 11.6. The molecule has 0 spiro atoms. The number of nitro benzene ring substituents is 1. The highest BCUT2D eigenvalue weighted by Crippen LogP contribution is 2.42. The molecule has 0 saturated heterocycles. The molecule has 0 aliphatic rings. The Morgan fingerprint density at radius 1 is 0.686 bits per heavy atom. The van der Waals surface area contributed by atoms with Crippen LogP contribution in [-0.4, -0.2) is 14.9 Å². The number of non-ortho nitro benzene ring substituents is 1. The predicted octanol–water partition coefficient (Wildman–Crippen LogP) is 7.33. The van der Waals surface area contributed by atoms with E-state index in [1.54, 1.807) is 24.5 Å². The number of nitro groups is 1. The number of hydrogen-bond acceptors (Lipinski definition) is 5. The molecule has 169 valence electrons. The van der Waals surface area contributed by atoms with Crippen LogP contribution in [0.4, 0.5) is 11.4 Å². The minimum absolute atomic E-state index is 0.0497. The van der Waals surface area contributed by atoms with Gasteiger partial charge in [0.2, 0.25) is 0 Å². The largest absolute Gasteiger partial charge is 0.269 e. The van der Waals surface area contributed by atoms with E-state index in [-0.39, 0.29) is 5.69 Å². The summed E-state index contributed by atoms with van der Waals surface area (Å²) in [6, 6.07) is 28.7. The SMILES string of the molecule is O=[N+]([O-])c1ccc(S[N]c2c(-c3cccnc3)cc(-c3ccccc3)cc2-c2cccnc2)cc1. The fraction of sp³-hybridized carbons (Fsp3) is 0. The monoisotopic (exact) mass is 475 g/mol. The number of rotatable bonds is 7. The summed E-state index contributed by atoms with van der Waals surface area (Å²) >= 11 is 1.27. The first-order valence-electron chi connectivity index (χ1n) is 10.9. The molecule has 0 amide bonds. The van der Waals surface area contributed by atoms with Crippen molar-refractivity contribution >= 4 is 23.3 Å². The summed E-state index contributed by atoms with van der Waals surface area (Å²) in [6.07, 6.45) is 7.14. The summed E-state index contributed by atoms with van der Waals surface area (Å²) < 4.78 is 4.93. The van der Waals surface area contributed by atoms with Crippen molar-refractivity contribution in [3.63, 3.8) is 0 Å². The third-order valence-electron chi connectivity index (χ3n) is 5.45. The van der Waals surface area contributed by atoms with E-state index in [4.69, 9.17) is 4.72 Å². The van der Waals surface area contributed by atoms with Crippen LogP contribution in [0.1, 0.15) is 0 Å². The van der Waals surface area contributed by atoms with Gasteiger partial charge in [-0.25, -0.2) is 4.72 Å². The molecule has 5 aromatic rings. The molecule has 0 aliphatic carbocycles. The molecule has 0 bridgehead atoms. The number of pyridine rings is 2. The van der Waals surface area contributed by atoms with Crippen molar-refractivity contribution in [1.82, 2.24) is 14.7 Å². The second-order valence-electron chi connectivity index (χ2n) is 7.70. The lowest BCUT2D eigenvalue weighted by Crippen LogP contribution is -1.96. The van der Waals surface area contributed by atoms with Gasteiger partial charge in [-0.3, -0.25) is 20.1 Å². The van der Waals surface area contributed by atoms with Gasteiger partial charge in [0.15, 0.2) is 0 Å². The highest BCUT2D eigenvalue weighted by atomic mass is 32.2. The predicted molar refractivity (Wildman–Crippen MR) is 139 cm³/mol. The van der Waals surface area contributed by atoms with Crippen molar-refractivity contribution < 1.29 is 4.92 Å². The van der Waals surface area contributed by atoms with Gasteiger partial charge in [0.1, 0.15) is 0 Å². The molecule has 5 rings (SSSR count). The minimum atomic E-state index is -0.408. The van der Waals surface area contributed by atoms with Crippen molar-refractivity contribution in [1.29, 1.82) is 0 Å². The Kier molecular flexibility index (Phi) is 6.50. The van der Waals surface area contributed by atoms with Gasteiger partial charge in [-0.1, -0.05) is 42.5 Å². The summed E-state index contributed by atoms with van der Waals surface area (Å²) in [7, 11) is 0. The van der Waals surface area contributed by atoms with Gasteiger partial charge in [-0.2, -0.15) is 0 Å². The van der Waals surface area contributed by atoms with Crippen LogP contribution in [-0.2, 0) is 0 Å². The second kappa shape index (κ2) is 10.2. The Labute approximate surface area is 207 Å². The normalized spacial score (nSPS) is 10.6. The van der Waals surface area contributed by atoms with Gasteiger partial charge in [-0.15, -0.1) is 0 Å². The summed E-state index contributed by atoms with van der Waals surface area (Å²) in [4.78, 5) is 20.1. The van der Waals surface area contributed by atoms with Crippen molar-refractivity contribution in [2.24, 2.45) is 0 Å². The maximum atomic E-state index is 11.0. The molecule has 0 saturated carbocycles. The smallest absolute Gasteiger partial charge is 0.264 e. The van der Waals surface area contributed by atoms with E-state index >= 15 is 0 Å². The Hall–Kier alpha value is -4.49. The molecule has 0 atom stereocenters. The van der Waals surface area contributed by atoms with Crippen molar-refractivity contribution in [2.75, 3.05) is 0 Å². The standard InChI is InChI=1S/C28H19N4O2S/c33-32(34)24-10-12-25(13-11-24)35-31-28-26(21-8-4-14-29-18-21)16-23(20-6-2-1-3-7-20)17-27(28)22-9-5-15-30-19-22/h1-19H. The molecule has 6 nitrogen and oxygen atoms in total. The van der Waals surface area contributed by atoms with Crippen LogP contribution < -0.4 is 4.72 Å². The van der Waals surface area contributed by atoms with Crippen LogP contribution in [0.3, 0.4) is 0 Å². The molecule has 7 heteroatoms. The van der Waals surface area contributed by atoms with Gasteiger partial charge < -0.3 is 0 Å². The average Bonchev–Trinajstić information content (AvgIpc) is 2.93. The summed E-state index contributed by atoms with van der Waals surface area (Å²) in [5.74, 6) is 0. The molecular formula is C28H19N4O2S. The van der Waals surface area contributed by atoms with Crippen LogP contribution in [0.15, 0.2) is 121 Å². The van der Waals surface area contributed by atoms with Crippen molar-refractivity contribution in [2.45, 2.75) is 4.90 Å². The number of aromatic nitrogens is 2. The molecule has 0 fully saturated rings. The Morgan fingerprint density at radius 3 is 1.77 bits per heavy atom. The van der Waals surface area contributed by atoms with Gasteiger partial charge in [-0.05, 0) is 47.5 Å². The zero-order chi connectivity index (χ0) is 24.0. The lowest BCUT2D eigenvalue weighted by molar-refractivity contribution is -0.384. The average molecular weight is 476 g/mol. The molecule has 2 aromatic heterocycles. The van der Waals surface area contributed by atoms with Gasteiger partial charge in [0.05, 0.1) is 10.6 Å². The molecule has 3 aromatic carbocycles. The maximum absolute atomic E-state index is 11.0. The van der Waals surface area contributed by atoms with Gasteiger partial charge in [0, 0.05) is 76.0 Å².